The molecule has 2 heterocycles. The second kappa shape index (κ2) is 5.60. The van der Waals surface area contributed by atoms with Crippen molar-refractivity contribution < 1.29 is 0 Å². The maximum Gasteiger partial charge on any atom is 0.211 e. The number of thioether (sulfide) groups is 1. The summed E-state index contributed by atoms with van der Waals surface area (Å²) in [5.41, 5.74) is 0. The van der Waals surface area contributed by atoms with E-state index >= 15 is 0 Å². The van der Waals surface area contributed by atoms with Crippen LogP contribution in [0.3, 0.4) is 0 Å². The molecule has 84 valence electrons. The summed E-state index contributed by atoms with van der Waals surface area (Å²) in [6.07, 6.45) is 3.41. The number of aromatic nitrogens is 3. The quantitative estimate of drug-likeness (QED) is 0.643. The minimum Gasteiger partial charge on any atom is -0.195 e. The Morgan fingerprint density at radius 1 is 1.69 bits per heavy atom. The highest BCUT2D eigenvalue weighted by Gasteiger charge is 2.01. The maximum absolute atomic E-state index is 4.30. The highest BCUT2D eigenvalue weighted by Crippen LogP contribution is 2.18. The average molecular weight is 317 g/mol. The highest BCUT2D eigenvalue weighted by molar-refractivity contribution is 9.10. The van der Waals surface area contributed by atoms with Crippen molar-refractivity contribution in [3.63, 3.8) is 0 Å². The predicted octanol–water partition coefficient (Wildman–Crippen LogP) is 3.10. The molecule has 0 fully saturated rings. The van der Waals surface area contributed by atoms with Gasteiger partial charge in [-0.3, -0.25) is 0 Å². The number of rotatable bonds is 4. The first kappa shape index (κ1) is 11.8. The number of hydrogen-bond acceptors (Lipinski definition) is 5. The lowest BCUT2D eigenvalue weighted by molar-refractivity contribution is 0.767. The minimum absolute atomic E-state index is 0.814. The van der Waals surface area contributed by atoms with Crippen LogP contribution < -0.4 is 0 Å². The van der Waals surface area contributed by atoms with Gasteiger partial charge in [-0.05, 0) is 27.7 Å². The van der Waals surface area contributed by atoms with Crippen LogP contribution in [0.5, 0.6) is 0 Å². The predicted molar refractivity (Wildman–Crippen MR) is 71.4 cm³/mol. The zero-order chi connectivity index (χ0) is 11.4. The van der Waals surface area contributed by atoms with Gasteiger partial charge in [-0.1, -0.05) is 18.7 Å². The Morgan fingerprint density at radius 3 is 3.25 bits per heavy atom. The lowest BCUT2D eigenvalue weighted by Gasteiger charge is -1.95. The second-order valence-electron chi connectivity index (χ2n) is 2.80. The lowest BCUT2D eigenvalue weighted by atomic mass is 10.5. The number of halogens is 1. The van der Waals surface area contributed by atoms with Crippen molar-refractivity contribution in [1.82, 2.24) is 14.9 Å². The summed E-state index contributed by atoms with van der Waals surface area (Å²) in [4.78, 5) is 1.09. The normalized spacial score (nSPS) is 11.4. The molecule has 2 aromatic heterocycles. The Kier molecular flexibility index (Phi) is 4.14. The fraction of sp³-hybridized carbons (Fsp3) is 0.222. The molecule has 0 radical (unpaired) electrons. The molecule has 0 saturated heterocycles. The Labute approximate surface area is 110 Å². The number of thiophene rings is 1. The molecule has 0 aliphatic heterocycles. The monoisotopic (exact) mass is 316 g/mol. The van der Waals surface area contributed by atoms with E-state index in [-0.39, 0.29) is 0 Å². The van der Waals surface area contributed by atoms with Crippen LogP contribution in [0.2, 0.25) is 0 Å². The van der Waals surface area contributed by atoms with Crippen molar-refractivity contribution in [3.8, 4) is 0 Å². The van der Waals surface area contributed by atoms with Crippen LogP contribution >= 0.6 is 39.0 Å². The molecular formula is C9H9BrN4S2. The first-order valence-electron chi connectivity index (χ1n) is 4.61. The van der Waals surface area contributed by atoms with Gasteiger partial charge in [-0.25, -0.2) is 0 Å². The van der Waals surface area contributed by atoms with E-state index in [1.165, 1.54) is 0 Å². The average Bonchev–Trinajstić information content (AvgIpc) is 2.85. The molecule has 0 aliphatic rings. The van der Waals surface area contributed by atoms with Gasteiger partial charge in [0.15, 0.2) is 0 Å². The van der Waals surface area contributed by atoms with Crippen molar-refractivity contribution in [2.24, 2.45) is 5.10 Å². The molecule has 2 aromatic rings. The fourth-order valence-corrected chi connectivity index (χ4v) is 2.93. The molecule has 0 N–H and O–H groups in total. The van der Waals surface area contributed by atoms with E-state index in [2.05, 4.69) is 38.2 Å². The molecule has 0 spiro atoms. The Balaban J connectivity index is 2.13. The second-order valence-corrected chi connectivity index (χ2v) is 5.89. The minimum atomic E-state index is 0.814. The van der Waals surface area contributed by atoms with Crippen LogP contribution in [-0.2, 0) is 0 Å². The summed E-state index contributed by atoms with van der Waals surface area (Å²) >= 11 is 6.66. The Bertz CT molecular complexity index is 491. The molecule has 0 unspecified atom stereocenters. The van der Waals surface area contributed by atoms with Gasteiger partial charge in [0, 0.05) is 14.7 Å². The van der Waals surface area contributed by atoms with Crippen LogP contribution in [-0.4, -0.2) is 26.8 Å². The Morgan fingerprint density at radius 2 is 2.56 bits per heavy atom. The molecule has 7 heteroatoms. The van der Waals surface area contributed by atoms with Crippen LogP contribution in [0.4, 0.5) is 0 Å². The molecule has 2 rings (SSSR count). The molecule has 0 saturated carbocycles. The zero-order valence-corrected chi connectivity index (χ0v) is 11.7. The van der Waals surface area contributed by atoms with Gasteiger partial charge in [0.1, 0.15) is 6.33 Å². The van der Waals surface area contributed by atoms with Crippen LogP contribution in [0.1, 0.15) is 11.8 Å². The maximum atomic E-state index is 4.30. The third kappa shape index (κ3) is 2.93. The van der Waals surface area contributed by atoms with Gasteiger partial charge in [0.25, 0.3) is 0 Å². The van der Waals surface area contributed by atoms with E-state index in [1.807, 2.05) is 11.4 Å². The molecule has 0 aliphatic carbocycles. The largest absolute Gasteiger partial charge is 0.211 e. The van der Waals surface area contributed by atoms with Gasteiger partial charge in [-0.15, -0.1) is 21.5 Å². The third-order valence-electron chi connectivity index (χ3n) is 1.67. The van der Waals surface area contributed by atoms with E-state index in [9.17, 15) is 0 Å². The van der Waals surface area contributed by atoms with Gasteiger partial charge in [0.2, 0.25) is 5.16 Å². The third-order valence-corrected chi connectivity index (χ3v) is 4.11. The lowest BCUT2D eigenvalue weighted by Crippen LogP contribution is -1.91. The number of nitrogens with zero attached hydrogens (tertiary/aromatic N) is 4. The van der Waals surface area contributed by atoms with Crippen LogP contribution in [0, 0.1) is 0 Å². The summed E-state index contributed by atoms with van der Waals surface area (Å²) in [6.45, 7) is 2.07. The smallest absolute Gasteiger partial charge is 0.195 e. The van der Waals surface area contributed by atoms with E-state index in [1.54, 1.807) is 40.3 Å². The van der Waals surface area contributed by atoms with Gasteiger partial charge >= 0.3 is 0 Å². The van der Waals surface area contributed by atoms with E-state index < -0.39 is 0 Å². The van der Waals surface area contributed by atoms with Gasteiger partial charge < -0.3 is 0 Å². The fourth-order valence-electron chi connectivity index (χ4n) is 1.04. The first-order valence-corrected chi connectivity index (χ1v) is 7.26. The summed E-state index contributed by atoms with van der Waals surface area (Å²) in [7, 11) is 0. The topological polar surface area (TPSA) is 43.1 Å². The van der Waals surface area contributed by atoms with Crippen molar-refractivity contribution in [3.05, 3.63) is 27.1 Å². The molecular weight excluding hydrogens is 308 g/mol. The molecule has 0 bridgehead atoms. The van der Waals surface area contributed by atoms with E-state index in [0.717, 1.165) is 20.3 Å². The SMILES string of the molecule is CCSc1nncn1/N=C\c1cc(Br)cs1. The van der Waals surface area contributed by atoms with Crippen molar-refractivity contribution in [2.75, 3.05) is 5.75 Å². The molecule has 0 aromatic carbocycles. The van der Waals surface area contributed by atoms with Gasteiger partial charge in [0.05, 0.1) is 6.21 Å². The summed E-state index contributed by atoms with van der Waals surface area (Å²) in [5.74, 6) is 0.957. The van der Waals surface area contributed by atoms with Crippen molar-refractivity contribution in [2.45, 2.75) is 12.1 Å². The molecule has 16 heavy (non-hydrogen) atoms. The van der Waals surface area contributed by atoms with E-state index in [0.29, 0.717) is 0 Å². The summed E-state index contributed by atoms with van der Waals surface area (Å²) in [5, 5.41) is 15.0. The van der Waals surface area contributed by atoms with Crippen LogP contribution in [0.25, 0.3) is 0 Å². The van der Waals surface area contributed by atoms with E-state index in [4.69, 9.17) is 0 Å². The standard InChI is InChI=1S/C9H9BrN4S2/c1-2-15-9-13-11-6-14(9)12-4-8-3-7(10)5-16-8/h3-6H,2H2,1H3/b12-4-. The van der Waals surface area contributed by atoms with Gasteiger partial charge in [-0.2, -0.15) is 9.78 Å². The highest BCUT2D eigenvalue weighted by atomic mass is 79.9. The first-order chi connectivity index (χ1) is 7.79. The van der Waals surface area contributed by atoms with Crippen LogP contribution in [0.15, 0.2) is 32.5 Å². The summed E-state index contributed by atoms with van der Waals surface area (Å²) < 4.78 is 2.76. The molecule has 4 nitrogen and oxygen atoms in total. The Hall–Kier alpha value is -0.660. The summed E-state index contributed by atoms with van der Waals surface area (Å²) in [6, 6.07) is 2.02. The zero-order valence-electron chi connectivity index (χ0n) is 8.50. The number of hydrogen-bond donors (Lipinski definition) is 0. The van der Waals surface area contributed by atoms with Crippen molar-refractivity contribution >= 4 is 45.2 Å². The van der Waals surface area contributed by atoms with Crippen molar-refractivity contribution in [1.29, 1.82) is 0 Å². The molecule has 0 amide bonds. The molecule has 0 atom stereocenters.